The first-order valence-corrected chi connectivity index (χ1v) is 7.83. The van der Waals surface area contributed by atoms with Gasteiger partial charge in [0.15, 0.2) is 0 Å². The third kappa shape index (κ3) is 5.85. The summed E-state index contributed by atoms with van der Waals surface area (Å²) in [7, 11) is 0. The van der Waals surface area contributed by atoms with Gasteiger partial charge in [-0.05, 0) is 50.1 Å². The Hall–Kier alpha value is -0.710. The van der Waals surface area contributed by atoms with Crippen LogP contribution in [0.4, 0.5) is 5.69 Å². The number of hydrogen-bond acceptors (Lipinski definition) is 3. The van der Waals surface area contributed by atoms with Gasteiger partial charge in [-0.3, -0.25) is 4.79 Å². The van der Waals surface area contributed by atoms with Crippen molar-refractivity contribution in [1.82, 2.24) is 0 Å². The van der Waals surface area contributed by atoms with E-state index in [-0.39, 0.29) is 11.9 Å². The van der Waals surface area contributed by atoms with Crippen LogP contribution in [0.2, 0.25) is 5.02 Å². The standard InChI is InChI=1S/C14H21ClN2OS/c1-9-6-10(2)14(12(15)7-9)17-13(18)8-19-5-4-11(3)16/h6-7,11H,4-5,8,16H2,1-3H3,(H,17,18). The zero-order valence-corrected chi connectivity index (χ0v) is 13.2. The number of aryl methyl sites for hydroxylation is 2. The Balaban J connectivity index is 2.49. The Kier molecular flexibility index (Phi) is 6.69. The van der Waals surface area contributed by atoms with Gasteiger partial charge in [0.1, 0.15) is 0 Å². The number of thioether (sulfide) groups is 1. The van der Waals surface area contributed by atoms with Crippen molar-refractivity contribution in [2.75, 3.05) is 16.8 Å². The Morgan fingerprint density at radius 3 is 2.74 bits per heavy atom. The molecule has 0 bridgehead atoms. The predicted molar refractivity (Wildman–Crippen MR) is 85.1 cm³/mol. The Morgan fingerprint density at radius 1 is 1.47 bits per heavy atom. The van der Waals surface area contributed by atoms with Crippen LogP contribution in [0, 0.1) is 13.8 Å². The van der Waals surface area contributed by atoms with Crippen molar-refractivity contribution >= 4 is 35.0 Å². The number of carbonyl (C=O) groups excluding carboxylic acids is 1. The van der Waals surface area contributed by atoms with Gasteiger partial charge in [0.05, 0.1) is 16.5 Å². The molecular formula is C14H21ClN2OS. The maximum Gasteiger partial charge on any atom is 0.234 e. The smallest absolute Gasteiger partial charge is 0.234 e. The van der Waals surface area contributed by atoms with Gasteiger partial charge in [0.2, 0.25) is 5.91 Å². The fraction of sp³-hybridized carbons (Fsp3) is 0.500. The number of amides is 1. The highest BCUT2D eigenvalue weighted by Gasteiger charge is 2.09. The summed E-state index contributed by atoms with van der Waals surface area (Å²) in [6.07, 6.45) is 0.919. The second kappa shape index (κ2) is 7.78. The van der Waals surface area contributed by atoms with Gasteiger partial charge < -0.3 is 11.1 Å². The van der Waals surface area contributed by atoms with Gasteiger partial charge in [0.25, 0.3) is 0 Å². The second-order valence-electron chi connectivity index (χ2n) is 4.81. The largest absolute Gasteiger partial charge is 0.328 e. The Bertz CT molecular complexity index is 426. The molecule has 0 spiro atoms. The van der Waals surface area contributed by atoms with E-state index < -0.39 is 0 Å². The molecule has 0 aliphatic rings. The summed E-state index contributed by atoms with van der Waals surface area (Å²) in [5, 5.41) is 3.46. The summed E-state index contributed by atoms with van der Waals surface area (Å²) in [5.41, 5.74) is 8.44. The summed E-state index contributed by atoms with van der Waals surface area (Å²) < 4.78 is 0. The molecule has 0 fully saturated rings. The van der Waals surface area contributed by atoms with E-state index in [1.807, 2.05) is 32.9 Å². The summed E-state index contributed by atoms with van der Waals surface area (Å²) in [4.78, 5) is 11.8. The molecule has 0 heterocycles. The van der Waals surface area contributed by atoms with Crippen molar-refractivity contribution in [3.63, 3.8) is 0 Å². The molecule has 1 aromatic carbocycles. The van der Waals surface area contributed by atoms with Gasteiger partial charge in [-0.15, -0.1) is 0 Å². The number of hydrogen-bond donors (Lipinski definition) is 2. The average Bonchev–Trinajstić information content (AvgIpc) is 2.29. The normalized spacial score (nSPS) is 12.3. The summed E-state index contributed by atoms with van der Waals surface area (Å²) in [6.45, 7) is 5.89. The first-order valence-electron chi connectivity index (χ1n) is 6.30. The monoisotopic (exact) mass is 300 g/mol. The van der Waals surface area contributed by atoms with Gasteiger partial charge in [0, 0.05) is 6.04 Å². The first-order chi connectivity index (χ1) is 8.90. The third-order valence-electron chi connectivity index (χ3n) is 2.65. The molecule has 1 amide bonds. The van der Waals surface area contributed by atoms with Crippen LogP contribution in [0.15, 0.2) is 12.1 Å². The van der Waals surface area contributed by atoms with Crippen molar-refractivity contribution in [1.29, 1.82) is 0 Å². The average molecular weight is 301 g/mol. The van der Waals surface area contributed by atoms with Crippen molar-refractivity contribution in [3.8, 4) is 0 Å². The molecule has 1 unspecified atom stereocenters. The summed E-state index contributed by atoms with van der Waals surface area (Å²) in [6, 6.07) is 4.04. The number of nitrogens with one attached hydrogen (secondary N) is 1. The van der Waals surface area contributed by atoms with Gasteiger partial charge in [-0.1, -0.05) is 17.7 Å². The number of anilines is 1. The molecule has 106 valence electrons. The van der Waals surface area contributed by atoms with E-state index in [0.717, 1.165) is 23.3 Å². The van der Waals surface area contributed by atoms with Crippen LogP contribution < -0.4 is 11.1 Å². The molecule has 1 atom stereocenters. The molecule has 0 aromatic heterocycles. The summed E-state index contributed by atoms with van der Waals surface area (Å²) in [5.74, 6) is 1.30. The van der Waals surface area contributed by atoms with E-state index in [4.69, 9.17) is 17.3 Å². The zero-order valence-electron chi connectivity index (χ0n) is 11.6. The minimum atomic E-state index is -0.0245. The van der Waals surface area contributed by atoms with Crippen LogP contribution in [0.1, 0.15) is 24.5 Å². The maximum atomic E-state index is 11.8. The second-order valence-corrected chi connectivity index (χ2v) is 6.32. The number of carbonyl (C=O) groups is 1. The topological polar surface area (TPSA) is 55.1 Å². The van der Waals surface area contributed by atoms with Crippen LogP contribution >= 0.6 is 23.4 Å². The molecule has 1 rings (SSSR count). The van der Waals surface area contributed by atoms with E-state index >= 15 is 0 Å². The van der Waals surface area contributed by atoms with Crippen LogP contribution in [0.25, 0.3) is 0 Å². The van der Waals surface area contributed by atoms with Crippen LogP contribution in [-0.2, 0) is 4.79 Å². The number of rotatable bonds is 6. The lowest BCUT2D eigenvalue weighted by molar-refractivity contribution is -0.113. The molecule has 19 heavy (non-hydrogen) atoms. The van der Waals surface area contributed by atoms with Crippen molar-refractivity contribution < 1.29 is 4.79 Å². The lowest BCUT2D eigenvalue weighted by Crippen LogP contribution is -2.18. The molecule has 5 heteroatoms. The van der Waals surface area contributed by atoms with Crippen LogP contribution in [-0.4, -0.2) is 23.5 Å². The first kappa shape index (κ1) is 16.3. The van der Waals surface area contributed by atoms with Crippen molar-refractivity contribution in [2.24, 2.45) is 5.73 Å². The van der Waals surface area contributed by atoms with Crippen LogP contribution in [0.5, 0.6) is 0 Å². The van der Waals surface area contributed by atoms with Crippen LogP contribution in [0.3, 0.4) is 0 Å². The third-order valence-corrected chi connectivity index (χ3v) is 3.94. The lowest BCUT2D eigenvalue weighted by atomic mass is 10.1. The number of halogens is 1. The van der Waals surface area contributed by atoms with Gasteiger partial charge >= 0.3 is 0 Å². The molecule has 0 radical (unpaired) electrons. The Labute approximate surface area is 124 Å². The highest BCUT2D eigenvalue weighted by molar-refractivity contribution is 7.99. The highest BCUT2D eigenvalue weighted by Crippen LogP contribution is 2.27. The predicted octanol–water partition coefficient (Wildman–Crippen LogP) is 3.37. The van der Waals surface area contributed by atoms with Crippen molar-refractivity contribution in [2.45, 2.75) is 33.2 Å². The number of benzene rings is 1. The van der Waals surface area contributed by atoms with Crippen molar-refractivity contribution in [3.05, 3.63) is 28.3 Å². The zero-order chi connectivity index (χ0) is 14.4. The molecule has 0 saturated carbocycles. The highest BCUT2D eigenvalue weighted by atomic mass is 35.5. The lowest BCUT2D eigenvalue weighted by Gasteiger charge is -2.11. The fourth-order valence-corrected chi connectivity index (χ4v) is 2.99. The molecule has 0 aliphatic carbocycles. The molecule has 0 aliphatic heterocycles. The van der Waals surface area contributed by atoms with Gasteiger partial charge in [-0.25, -0.2) is 0 Å². The van der Waals surface area contributed by atoms with E-state index in [1.165, 1.54) is 0 Å². The van der Waals surface area contributed by atoms with E-state index in [1.54, 1.807) is 11.8 Å². The minimum absolute atomic E-state index is 0.0245. The molecule has 1 aromatic rings. The van der Waals surface area contributed by atoms with E-state index in [9.17, 15) is 4.79 Å². The SMILES string of the molecule is Cc1cc(C)c(NC(=O)CSCCC(C)N)c(Cl)c1. The molecule has 3 nitrogen and oxygen atoms in total. The van der Waals surface area contributed by atoms with E-state index in [2.05, 4.69) is 5.32 Å². The fourth-order valence-electron chi connectivity index (χ4n) is 1.68. The quantitative estimate of drug-likeness (QED) is 0.792. The molecule has 3 N–H and O–H groups in total. The number of nitrogens with two attached hydrogens (primary N) is 1. The summed E-state index contributed by atoms with van der Waals surface area (Å²) >= 11 is 7.73. The van der Waals surface area contributed by atoms with E-state index in [0.29, 0.717) is 16.5 Å². The minimum Gasteiger partial charge on any atom is -0.328 e. The molecule has 0 saturated heterocycles. The maximum absolute atomic E-state index is 11.8. The Morgan fingerprint density at radius 2 is 2.16 bits per heavy atom. The molecular weight excluding hydrogens is 280 g/mol. The van der Waals surface area contributed by atoms with Gasteiger partial charge in [-0.2, -0.15) is 11.8 Å².